The van der Waals surface area contributed by atoms with Crippen LogP contribution in [0.5, 0.6) is 0 Å². The Morgan fingerprint density at radius 3 is 1.50 bits per heavy atom. The highest BCUT2D eigenvalue weighted by Gasteiger charge is 2.23. The van der Waals surface area contributed by atoms with Crippen LogP contribution in [0.3, 0.4) is 0 Å². The molecule has 0 aromatic carbocycles. The van der Waals surface area contributed by atoms with Crippen molar-refractivity contribution in [2.24, 2.45) is 0 Å². The van der Waals surface area contributed by atoms with E-state index in [0.717, 1.165) is 22.3 Å². The van der Waals surface area contributed by atoms with Gasteiger partial charge in [-0.3, -0.25) is 4.79 Å². The Labute approximate surface area is 85.5 Å². The number of hydrogen-bond donors (Lipinski definition) is 0. The number of carbonyl (C=O) groups is 1. The van der Waals surface area contributed by atoms with E-state index in [1.165, 1.54) is 0 Å². The van der Waals surface area contributed by atoms with Crippen molar-refractivity contribution in [1.29, 1.82) is 0 Å². The highest BCUT2D eigenvalue weighted by atomic mass is 16.1. The molecule has 1 nitrogen and oxygen atoms in total. The molecule has 0 radical (unpaired) electrons. The van der Waals surface area contributed by atoms with Crippen molar-refractivity contribution in [1.82, 2.24) is 0 Å². The standard InChI is InChI=1S/C13H16O/c1-5-7-11-9(3)10(4)12(8-6-2)13(11)14/h5-8H,1-4H3. The predicted molar refractivity (Wildman–Crippen MR) is 60.0 cm³/mol. The molecule has 1 aliphatic carbocycles. The molecule has 0 aromatic rings. The quantitative estimate of drug-likeness (QED) is 0.649. The van der Waals surface area contributed by atoms with Crippen molar-refractivity contribution in [3.05, 3.63) is 46.6 Å². The van der Waals surface area contributed by atoms with Gasteiger partial charge in [0.15, 0.2) is 5.78 Å². The lowest BCUT2D eigenvalue weighted by Gasteiger charge is -1.94. The Morgan fingerprint density at radius 2 is 1.21 bits per heavy atom. The summed E-state index contributed by atoms with van der Waals surface area (Å²) in [6.45, 7) is 7.85. The molecule has 0 aliphatic heterocycles. The molecule has 0 spiro atoms. The van der Waals surface area contributed by atoms with E-state index in [0.29, 0.717) is 0 Å². The highest BCUT2D eigenvalue weighted by molar-refractivity contribution is 6.16. The molecule has 1 rings (SSSR count). The van der Waals surface area contributed by atoms with Crippen molar-refractivity contribution in [2.75, 3.05) is 0 Å². The van der Waals surface area contributed by atoms with Crippen LogP contribution in [0.4, 0.5) is 0 Å². The third kappa shape index (κ3) is 1.63. The first kappa shape index (κ1) is 10.7. The minimum absolute atomic E-state index is 0.149. The molecule has 74 valence electrons. The van der Waals surface area contributed by atoms with Crippen LogP contribution in [0.15, 0.2) is 46.6 Å². The lowest BCUT2D eigenvalue weighted by atomic mass is 10.1. The van der Waals surface area contributed by atoms with E-state index in [-0.39, 0.29) is 5.78 Å². The maximum absolute atomic E-state index is 11.9. The molecular weight excluding hydrogens is 172 g/mol. The normalized spacial score (nSPS) is 18.4. The summed E-state index contributed by atoms with van der Waals surface area (Å²) in [5, 5.41) is 0. The highest BCUT2D eigenvalue weighted by Crippen LogP contribution is 2.30. The number of hydrogen-bond acceptors (Lipinski definition) is 1. The fourth-order valence-corrected chi connectivity index (χ4v) is 1.62. The summed E-state index contributed by atoms with van der Waals surface area (Å²) in [5.41, 5.74) is 3.86. The van der Waals surface area contributed by atoms with E-state index in [9.17, 15) is 4.79 Å². The Bertz CT molecular complexity index is 340. The lowest BCUT2D eigenvalue weighted by Crippen LogP contribution is -1.98. The number of ketones is 1. The van der Waals surface area contributed by atoms with Gasteiger partial charge in [-0.2, -0.15) is 0 Å². The zero-order valence-electron chi connectivity index (χ0n) is 9.22. The number of Topliss-reactive ketones (excluding diaryl/α,β-unsaturated/α-hetero) is 1. The van der Waals surface area contributed by atoms with E-state index >= 15 is 0 Å². The molecule has 0 saturated carbocycles. The third-order valence-electron chi connectivity index (χ3n) is 2.53. The first-order valence-electron chi connectivity index (χ1n) is 4.85. The fourth-order valence-electron chi connectivity index (χ4n) is 1.62. The van der Waals surface area contributed by atoms with Crippen LogP contribution < -0.4 is 0 Å². The van der Waals surface area contributed by atoms with Gasteiger partial charge in [-0.15, -0.1) is 0 Å². The van der Waals surface area contributed by atoms with E-state index in [2.05, 4.69) is 0 Å². The first-order valence-corrected chi connectivity index (χ1v) is 4.85. The molecule has 0 heterocycles. The zero-order valence-corrected chi connectivity index (χ0v) is 9.22. The van der Waals surface area contributed by atoms with Gasteiger partial charge < -0.3 is 0 Å². The lowest BCUT2D eigenvalue weighted by molar-refractivity contribution is -0.111. The second kappa shape index (κ2) is 4.23. The number of allylic oxidation sites excluding steroid dienone is 8. The van der Waals surface area contributed by atoms with Gasteiger partial charge in [-0.25, -0.2) is 0 Å². The zero-order chi connectivity index (χ0) is 10.7. The van der Waals surface area contributed by atoms with Crippen LogP contribution in [0.2, 0.25) is 0 Å². The van der Waals surface area contributed by atoms with Crippen LogP contribution in [0.1, 0.15) is 27.7 Å². The Morgan fingerprint density at radius 1 is 0.857 bits per heavy atom. The van der Waals surface area contributed by atoms with Gasteiger partial charge in [0.05, 0.1) is 0 Å². The summed E-state index contributed by atoms with van der Waals surface area (Å²) in [6, 6.07) is 0. The van der Waals surface area contributed by atoms with Crippen LogP contribution in [0, 0.1) is 0 Å². The maximum Gasteiger partial charge on any atom is 0.193 e. The molecular formula is C13H16O. The smallest absolute Gasteiger partial charge is 0.193 e. The van der Waals surface area contributed by atoms with Crippen LogP contribution in [0.25, 0.3) is 0 Å². The second-order valence-electron chi connectivity index (χ2n) is 3.41. The van der Waals surface area contributed by atoms with Crippen LogP contribution in [-0.4, -0.2) is 5.78 Å². The largest absolute Gasteiger partial charge is 0.289 e. The molecule has 0 N–H and O–H groups in total. The predicted octanol–water partition coefficient (Wildman–Crippen LogP) is 3.35. The van der Waals surface area contributed by atoms with E-state index < -0.39 is 0 Å². The fraction of sp³-hybridized carbons (Fsp3) is 0.308. The van der Waals surface area contributed by atoms with Crippen molar-refractivity contribution in [2.45, 2.75) is 27.7 Å². The van der Waals surface area contributed by atoms with Crippen molar-refractivity contribution < 1.29 is 4.79 Å². The number of carbonyl (C=O) groups excluding carboxylic acids is 1. The monoisotopic (exact) mass is 188 g/mol. The summed E-state index contributed by atoms with van der Waals surface area (Å²) >= 11 is 0. The molecule has 0 unspecified atom stereocenters. The topological polar surface area (TPSA) is 17.1 Å². The summed E-state index contributed by atoms with van der Waals surface area (Å²) < 4.78 is 0. The average molecular weight is 188 g/mol. The Kier molecular flexibility index (Phi) is 3.23. The minimum atomic E-state index is 0.149. The average Bonchev–Trinajstić information content (AvgIpc) is 2.36. The molecule has 0 saturated heterocycles. The maximum atomic E-state index is 11.9. The van der Waals surface area contributed by atoms with Crippen LogP contribution in [-0.2, 0) is 4.79 Å². The van der Waals surface area contributed by atoms with E-state index in [1.807, 2.05) is 52.0 Å². The van der Waals surface area contributed by atoms with Gasteiger partial charge in [-0.05, 0) is 38.8 Å². The molecule has 1 heteroatoms. The molecule has 0 aromatic heterocycles. The van der Waals surface area contributed by atoms with Gasteiger partial charge in [0, 0.05) is 11.1 Å². The molecule has 14 heavy (non-hydrogen) atoms. The summed E-state index contributed by atoms with van der Waals surface area (Å²) in [5.74, 6) is 0.149. The summed E-state index contributed by atoms with van der Waals surface area (Å²) in [6.07, 6.45) is 7.58. The SMILES string of the molecule is CC=CC1=C(C)C(C)=C(C=CC)C1=O. The first-order chi connectivity index (χ1) is 6.63. The van der Waals surface area contributed by atoms with Crippen molar-refractivity contribution in [3.8, 4) is 0 Å². The van der Waals surface area contributed by atoms with Gasteiger partial charge >= 0.3 is 0 Å². The van der Waals surface area contributed by atoms with Gasteiger partial charge in [0.1, 0.15) is 0 Å². The Hall–Kier alpha value is -1.37. The van der Waals surface area contributed by atoms with Crippen molar-refractivity contribution in [3.63, 3.8) is 0 Å². The molecule has 0 amide bonds. The van der Waals surface area contributed by atoms with Gasteiger partial charge in [0.2, 0.25) is 0 Å². The van der Waals surface area contributed by atoms with Crippen LogP contribution >= 0.6 is 0 Å². The third-order valence-corrected chi connectivity index (χ3v) is 2.53. The van der Waals surface area contributed by atoms with Gasteiger partial charge in [0.25, 0.3) is 0 Å². The van der Waals surface area contributed by atoms with E-state index in [1.54, 1.807) is 0 Å². The Balaban J connectivity index is 3.19. The minimum Gasteiger partial charge on any atom is -0.289 e. The molecule has 1 aliphatic rings. The summed E-state index contributed by atoms with van der Waals surface area (Å²) in [4.78, 5) is 11.9. The second-order valence-corrected chi connectivity index (χ2v) is 3.41. The molecule has 0 bridgehead atoms. The molecule has 0 atom stereocenters. The van der Waals surface area contributed by atoms with Crippen molar-refractivity contribution >= 4 is 5.78 Å². The number of rotatable bonds is 2. The summed E-state index contributed by atoms with van der Waals surface area (Å²) in [7, 11) is 0. The molecule has 0 fully saturated rings. The van der Waals surface area contributed by atoms with E-state index in [4.69, 9.17) is 0 Å². The van der Waals surface area contributed by atoms with Gasteiger partial charge in [-0.1, -0.05) is 24.3 Å².